The van der Waals surface area contributed by atoms with Gasteiger partial charge in [-0.25, -0.2) is 4.98 Å². The zero-order chi connectivity index (χ0) is 13.8. The number of aromatic nitrogens is 1. The summed E-state index contributed by atoms with van der Waals surface area (Å²) in [6, 6.07) is 11.7. The summed E-state index contributed by atoms with van der Waals surface area (Å²) in [5.41, 5.74) is 0.893. The van der Waals surface area contributed by atoms with Gasteiger partial charge in [0.05, 0.1) is 11.6 Å². The van der Waals surface area contributed by atoms with Crippen LogP contribution in [-0.4, -0.2) is 23.6 Å². The van der Waals surface area contributed by atoms with Crippen LogP contribution in [0.2, 0.25) is 0 Å². The summed E-state index contributed by atoms with van der Waals surface area (Å²) in [7, 11) is 0. The monoisotopic (exact) mass is 270 g/mol. The SMILES string of the molecule is O=C(CC[C@@H]1CCCO1)Nc1ccc2ccccc2n1. The third-order valence-corrected chi connectivity index (χ3v) is 3.58. The first-order valence-corrected chi connectivity index (χ1v) is 7.08. The Morgan fingerprint density at radius 3 is 3.05 bits per heavy atom. The number of benzene rings is 1. The van der Waals surface area contributed by atoms with Gasteiger partial charge in [-0.3, -0.25) is 4.79 Å². The van der Waals surface area contributed by atoms with Gasteiger partial charge in [0.25, 0.3) is 0 Å². The Morgan fingerprint density at radius 1 is 1.30 bits per heavy atom. The number of para-hydroxylation sites is 1. The molecule has 3 rings (SSSR count). The van der Waals surface area contributed by atoms with E-state index in [1.54, 1.807) is 0 Å². The number of pyridine rings is 1. The van der Waals surface area contributed by atoms with Gasteiger partial charge in [0.2, 0.25) is 5.91 Å². The molecule has 104 valence electrons. The summed E-state index contributed by atoms with van der Waals surface area (Å²) >= 11 is 0. The minimum atomic E-state index is 0.00304. The van der Waals surface area contributed by atoms with Crippen LogP contribution in [0.5, 0.6) is 0 Å². The predicted molar refractivity (Wildman–Crippen MR) is 78.6 cm³/mol. The number of fused-ring (bicyclic) bond motifs is 1. The minimum Gasteiger partial charge on any atom is -0.378 e. The van der Waals surface area contributed by atoms with Crippen molar-refractivity contribution < 1.29 is 9.53 Å². The zero-order valence-electron chi connectivity index (χ0n) is 11.3. The zero-order valence-corrected chi connectivity index (χ0v) is 11.3. The molecule has 0 unspecified atom stereocenters. The second kappa shape index (κ2) is 6.01. The van der Waals surface area contributed by atoms with Gasteiger partial charge >= 0.3 is 0 Å². The van der Waals surface area contributed by atoms with E-state index >= 15 is 0 Å². The van der Waals surface area contributed by atoms with Crippen LogP contribution in [0.3, 0.4) is 0 Å². The van der Waals surface area contributed by atoms with E-state index < -0.39 is 0 Å². The van der Waals surface area contributed by atoms with E-state index in [2.05, 4.69) is 10.3 Å². The van der Waals surface area contributed by atoms with Crippen molar-refractivity contribution >= 4 is 22.6 Å². The largest absolute Gasteiger partial charge is 0.378 e. The number of hydrogen-bond acceptors (Lipinski definition) is 3. The fourth-order valence-corrected chi connectivity index (χ4v) is 2.51. The van der Waals surface area contributed by atoms with Crippen molar-refractivity contribution in [3.63, 3.8) is 0 Å². The maximum Gasteiger partial charge on any atom is 0.225 e. The van der Waals surface area contributed by atoms with E-state index in [9.17, 15) is 4.79 Å². The number of hydrogen-bond donors (Lipinski definition) is 1. The molecule has 2 heterocycles. The number of nitrogens with one attached hydrogen (secondary N) is 1. The molecule has 1 atom stereocenters. The summed E-state index contributed by atoms with van der Waals surface area (Å²) < 4.78 is 5.52. The van der Waals surface area contributed by atoms with Crippen LogP contribution in [0.25, 0.3) is 10.9 Å². The maximum absolute atomic E-state index is 11.9. The molecule has 4 heteroatoms. The van der Waals surface area contributed by atoms with E-state index in [1.807, 2.05) is 36.4 Å². The topological polar surface area (TPSA) is 51.2 Å². The molecule has 1 aromatic heterocycles. The Hall–Kier alpha value is -1.94. The van der Waals surface area contributed by atoms with Gasteiger partial charge in [-0.2, -0.15) is 0 Å². The van der Waals surface area contributed by atoms with Crippen LogP contribution >= 0.6 is 0 Å². The predicted octanol–water partition coefficient (Wildman–Crippen LogP) is 3.13. The first-order valence-electron chi connectivity index (χ1n) is 7.08. The van der Waals surface area contributed by atoms with E-state index in [0.29, 0.717) is 12.2 Å². The van der Waals surface area contributed by atoms with E-state index in [0.717, 1.165) is 36.8 Å². The molecular weight excluding hydrogens is 252 g/mol. The highest BCUT2D eigenvalue weighted by Crippen LogP contribution is 2.18. The molecule has 0 radical (unpaired) electrons. The Morgan fingerprint density at radius 2 is 2.20 bits per heavy atom. The van der Waals surface area contributed by atoms with Gasteiger partial charge in [0, 0.05) is 18.4 Å². The van der Waals surface area contributed by atoms with Crippen molar-refractivity contribution in [1.82, 2.24) is 4.98 Å². The Bertz CT molecular complexity index is 606. The summed E-state index contributed by atoms with van der Waals surface area (Å²) in [4.78, 5) is 16.3. The van der Waals surface area contributed by atoms with Crippen molar-refractivity contribution in [3.05, 3.63) is 36.4 Å². The fraction of sp³-hybridized carbons (Fsp3) is 0.375. The van der Waals surface area contributed by atoms with Gasteiger partial charge in [0.15, 0.2) is 0 Å². The molecule has 0 saturated carbocycles. The molecule has 0 spiro atoms. The third kappa shape index (κ3) is 3.14. The van der Waals surface area contributed by atoms with Crippen LogP contribution in [-0.2, 0) is 9.53 Å². The molecule has 20 heavy (non-hydrogen) atoms. The average molecular weight is 270 g/mol. The third-order valence-electron chi connectivity index (χ3n) is 3.58. The second-order valence-electron chi connectivity index (χ2n) is 5.11. The van der Waals surface area contributed by atoms with Crippen molar-refractivity contribution in [2.24, 2.45) is 0 Å². The lowest BCUT2D eigenvalue weighted by molar-refractivity contribution is -0.116. The van der Waals surface area contributed by atoms with Gasteiger partial charge < -0.3 is 10.1 Å². The van der Waals surface area contributed by atoms with Gasteiger partial charge in [-0.05, 0) is 37.5 Å². The van der Waals surface area contributed by atoms with Crippen LogP contribution < -0.4 is 5.32 Å². The molecule has 1 aliphatic heterocycles. The van der Waals surface area contributed by atoms with Gasteiger partial charge in [-0.15, -0.1) is 0 Å². The van der Waals surface area contributed by atoms with Crippen molar-refractivity contribution in [2.45, 2.75) is 31.8 Å². The highest BCUT2D eigenvalue weighted by Gasteiger charge is 2.16. The van der Waals surface area contributed by atoms with E-state index in [1.165, 1.54) is 0 Å². The molecule has 1 aromatic carbocycles. The summed E-state index contributed by atoms with van der Waals surface area (Å²) in [6.07, 6.45) is 3.71. The number of carbonyl (C=O) groups is 1. The second-order valence-corrected chi connectivity index (χ2v) is 5.11. The Balaban J connectivity index is 1.59. The number of carbonyl (C=O) groups excluding carboxylic acids is 1. The van der Waals surface area contributed by atoms with Crippen LogP contribution in [0.4, 0.5) is 5.82 Å². The van der Waals surface area contributed by atoms with Crippen LogP contribution in [0, 0.1) is 0 Å². The van der Waals surface area contributed by atoms with Crippen LogP contribution in [0.1, 0.15) is 25.7 Å². The summed E-state index contributed by atoms with van der Waals surface area (Å²) in [5.74, 6) is 0.615. The standard InChI is InChI=1S/C16H18N2O2/c19-16(10-8-13-5-3-11-20-13)18-15-9-7-12-4-1-2-6-14(12)17-15/h1-2,4,6-7,9,13H,3,5,8,10-11H2,(H,17,18,19)/t13-/m0/s1. The summed E-state index contributed by atoms with van der Waals surface area (Å²) in [5, 5.41) is 3.93. The average Bonchev–Trinajstić information content (AvgIpc) is 2.98. The van der Waals surface area contributed by atoms with Gasteiger partial charge in [0.1, 0.15) is 5.82 Å². The molecule has 1 aliphatic rings. The maximum atomic E-state index is 11.9. The Kier molecular flexibility index (Phi) is 3.92. The number of amides is 1. The van der Waals surface area contributed by atoms with Crippen molar-refractivity contribution in [2.75, 3.05) is 11.9 Å². The van der Waals surface area contributed by atoms with Crippen molar-refractivity contribution in [3.8, 4) is 0 Å². The molecule has 1 N–H and O–H groups in total. The number of nitrogens with zero attached hydrogens (tertiary/aromatic N) is 1. The van der Waals surface area contributed by atoms with E-state index in [4.69, 9.17) is 4.74 Å². The normalized spacial score (nSPS) is 18.3. The lowest BCUT2D eigenvalue weighted by Gasteiger charge is -2.09. The highest BCUT2D eigenvalue weighted by atomic mass is 16.5. The Labute approximate surface area is 118 Å². The highest BCUT2D eigenvalue weighted by molar-refractivity contribution is 5.91. The molecule has 0 bridgehead atoms. The van der Waals surface area contributed by atoms with Crippen LogP contribution in [0.15, 0.2) is 36.4 Å². The van der Waals surface area contributed by atoms with Gasteiger partial charge in [-0.1, -0.05) is 18.2 Å². The molecule has 1 fully saturated rings. The fourth-order valence-electron chi connectivity index (χ4n) is 2.51. The van der Waals surface area contributed by atoms with Crippen molar-refractivity contribution in [1.29, 1.82) is 0 Å². The summed E-state index contributed by atoms with van der Waals surface area (Å²) in [6.45, 7) is 0.832. The molecule has 1 amide bonds. The smallest absolute Gasteiger partial charge is 0.225 e. The minimum absolute atomic E-state index is 0.00304. The molecule has 4 nitrogen and oxygen atoms in total. The molecule has 0 aliphatic carbocycles. The molecular formula is C16H18N2O2. The lowest BCUT2D eigenvalue weighted by Crippen LogP contribution is -2.15. The van der Waals surface area contributed by atoms with E-state index in [-0.39, 0.29) is 12.0 Å². The number of anilines is 1. The molecule has 1 saturated heterocycles. The lowest BCUT2D eigenvalue weighted by atomic mass is 10.1. The number of rotatable bonds is 4. The number of ether oxygens (including phenoxy) is 1. The molecule has 2 aromatic rings. The quantitative estimate of drug-likeness (QED) is 0.928. The first kappa shape index (κ1) is 13.1. The first-order chi connectivity index (χ1) is 9.81.